The molecule has 1 heterocycles. The van der Waals surface area contributed by atoms with Gasteiger partial charge in [-0.1, -0.05) is 32.0 Å². The molecule has 0 spiro atoms. The Bertz CT molecular complexity index is 562. The lowest BCUT2D eigenvalue weighted by Gasteiger charge is -2.20. The summed E-state index contributed by atoms with van der Waals surface area (Å²) in [5.74, 6) is 0.702. The summed E-state index contributed by atoms with van der Waals surface area (Å²) in [5.41, 5.74) is 6.74. The van der Waals surface area contributed by atoms with Crippen LogP contribution in [0.4, 0.5) is 0 Å². The number of carbonyl (C=O) groups is 1. The lowest BCUT2D eigenvalue weighted by molar-refractivity contribution is 0.0760. The molecule has 1 atom stereocenters. The minimum Gasteiger partial charge on any atom is -0.451 e. The first kappa shape index (κ1) is 17.5. The van der Waals surface area contributed by atoms with E-state index in [4.69, 9.17) is 10.2 Å². The molecular weight excluding hydrogens is 288 g/mol. The number of para-hydroxylation sites is 1. The van der Waals surface area contributed by atoms with Crippen LogP contribution in [0.25, 0.3) is 11.0 Å². The molecule has 5 heteroatoms. The Morgan fingerprint density at radius 2 is 2.00 bits per heavy atom. The number of furan rings is 1. The second-order valence-electron chi connectivity index (χ2n) is 5.57. The number of nitrogens with two attached hydrogens (primary N) is 1. The van der Waals surface area contributed by atoms with Crippen molar-refractivity contribution in [3.8, 4) is 0 Å². The lowest BCUT2D eigenvalue weighted by Crippen LogP contribution is -2.34. The molecule has 0 fully saturated rings. The van der Waals surface area contributed by atoms with Gasteiger partial charge in [0.2, 0.25) is 0 Å². The van der Waals surface area contributed by atoms with Gasteiger partial charge in [0.1, 0.15) is 5.58 Å². The Balaban J connectivity index is 0.00000220. The van der Waals surface area contributed by atoms with Crippen LogP contribution in [0.15, 0.2) is 34.7 Å². The van der Waals surface area contributed by atoms with Crippen molar-refractivity contribution in [2.45, 2.75) is 26.3 Å². The van der Waals surface area contributed by atoms with Gasteiger partial charge in [-0.25, -0.2) is 0 Å². The zero-order valence-corrected chi connectivity index (χ0v) is 13.5. The summed E-state index contributed by atoms with van der Waals surface area (Å²) in [7, 11) is 1.78. The van der Waals surface area contributed by atoms with Gasteiger partial charge in [-0.3, -0.25) is 4.79 Å². The average Bonchev–Trinajstić information content (AvgIpc) is 2.87. The zero-order chi connectivity index (χ0) is 14.7. The van der Waals surface area contributed by atoms with Gasteiger partial charge in [0.15, 0.2) is 5.76 Å². The van der Waals surface area contributed by atoms with Crippen LogP contribution in [-0.2, 0) is 0 Å². The molecule has 0 aliphatic heterocycles. The standard InChI is InChI=1S/C16H22N2O2.ClH/c1-11(2)13(17)8-9-18(3)16(19)15-10-12-6-4-5-7-14(12)20-15;/h4-7,10-11,13H,8-9,17H2,1-3H3;1H. The van der Waals surface area contributed by atoms with Crippen molar-refractivity contribution in [1.82, 2.24) is 4.90 Å². The number of halogens is 1. The minimum atomic E-state index is -0.0999. The largest absolute Gasteiger partial charge is 0.451 e. The third-order valence-corrected chi connectivity index (χ3v) is 3.64. The van der Waals surface area contributed by atoms with E-state index in [0.29, 0.717) is 18.2 Å². The summed E-state index contributed by atoms with van der Waals surface area (Å²) >= 11 is 0. The van der Waals surface area contributed by atoms with Gasteiger partial charge in [-0.2, -0.15) is 0 Å². The Labute approximate surface area is 131 Å². The number of rotatable bonds is 5. The van der Waals surface area contributed by atoms with E-state index in [1.165, 1.54) is 0 Å². The van der Waals surface area contributed by atoms with Crippen LogP contribution in [-0.4, -0.2) is 30.4 Å². The average molecular weight is 311 g/mol. The number of carbonyl (C=O) groups excluding carboxylic acids is 1. The molecule has 1 unspecified atom stereocenters. The normalized spacial score (nSPS) is 12.2. The minimum absolute atomic E-state index is 0. The molecule has 0 radical (unpaired) electrons. The highest BCUT2D eigenvalue weighted by molar-refractivity contribution is 5.95. The van der Waals surface area contributed by atoms with Crippen molar-refractivity contribution in [2.24, 2.45) is 11.7 Å². The van der Waals surface area contributed by atoms with Crippen molar-refractivity contribution in [2.75, 3.05) is 13.6 Å². The predicted octanol–water partition coefficient (Wildman–Crippen LogP) is 3.30. The van der Waals surface area contributed by atoms with Crippen LogP contribution >= 0.6 is 12.4 Å². The van der Waals surface area contributed by atoms with Crippen LogP contribution in [0.2, 0.25) is 0 Å². The molecular formula is C16H23ClN2O2. The van der Waals surface area contributed by atoms with Gasteiger partial charge < -0.3 is 15.1 Å². The third kappa shape index (κ3) is 4.22. The molecule has 0 aliphatic carbocycles. The molecule has 2 aromatic rings. The number of fused-ring (bicyclic) bond motifs is 1. The second-order valence-corrected chi connectivity index (χ2v) is 5.57. The number of benzene rings is 1. The molecule has 0 bridgehead atoms. The zero-order valence-electron chi connectivity index (χ0n) is 12.7. The molecule has 2 N–H and O–H groups in total. The smallest absolute Gasteiger partial charge is 0.289 e. The number of nitrogens with zero attached hydrogens (tertiary/aromatic N) is 1. The topological polar surface area (TPSA) is 59.5 Å². The number of amides is 1. The molecule has 2 rings (SSSR count). The molecule has 116 valence electrons. The Morgan fingerprint density at radius 1 is 1.33 bits per heavy atom. The molecule has 21 heavy (non-hydrogen) atoms. The highest BCUT2D eigenvalue weighted by Crippen LogP contribution is 2.19. The maximum atomic E-state index is 12.3. The van der Waals surface area contributed by atoms with E-state index in [-0.39, 0.29) is 24.4 Å². The Hall–Kier alpha value is -1.52. The summed E-state index contributed by atoms with van der Waals surface area (Å²) in [6.07, 6.45) is 0.792. The first-order valence-corrected chi connectivity index (χ1v) is 6.98. The van der Waals surface area contributed by atoms with E-state index in [1.807, 2.05) is 24.3 Å². The van der Waals surface area contributed by atoms with Crippen LogP contribution in [0.3, 0.4) is 0 Å². The fourth-order valence-electron chi connectivity index (χ4n) is 2.05. The van der Waals surface area contributed by atoms with Gasteiger partial charge >= 0.3 is 0 Å². The van der Waals surface area contributed by atoms with Crippen LogP contribution in [0, 0.1) is 5.92 Å². The van der Waals surface area contributed by atoms with E-state index < -0.39 is 0 Å². The van der Waals surface area contributed by atoms with Crippen LogP contribution in [0.5, 0.6) is 0 Å². The van der Waals surface area contributed by atoms with Gasteiger partial charge in [-0.15, -0.1) is 12.4 Å². The lowest BCUT2D eigenvalue weighted by atomic mass is 10.0. The van der Waals surface area contributed by atoms with Crippen LogP contribution in [0.1, 0.15) is 30.8 Å². The molecule has 0 saturated heterocycles. The summed E-state index contributed by atoms with van der Waals surface area (Å²) in [6.45, 7) is 4.81. The first-order chi connectivity index (χ1) is 9.49. The maximum absolute atomic E-state index is 12.3. The van der Waals surface area contributed by atoms with E-state index >= 15 is 0 Å². The molecule has 1 amide bonds. The molecule has 4 nitrogen and oxygen atoms in total. The highest BCUT2D eigenvalue weighted by Gasteiger charge is 2.17. The Kier molecular flexibility index (Phi) is 6.24. The van der Waals surface area contributed by atoms with Crippen molar-refractivity contribution < 1.29 is 9.21 Å². The second kappa shape index (κ2) is 7.48. The van der Waals surface area contributed by atoms with Crippen molar-refractivity contribution in [3.05, 3.63) is 36.1 Å². The van der Waals surface area contributed by atoms with Gasteiger partial charge in [0.25, 0.3) is 5.91 Å². The first-order valence-electron chi connectivity index (χ1n) is 6.98. The van der Waals surface area contributed by atoms with Gasteiger partial charge in [-0.05, 0) is 24.5 Å². The maximum Gasteiger partial charge on any atom is 0.289 e. The summed E-state index contributed by atoms with van der Waals surface area (Å²) in [5, 5.41) is 0.947. The predicted molar refractivity (Wildman–Crippen MR) is 87.9 cm³/mol. The molecule has 1 aromatic carbocycles. The van der Waals surface area contributed by atoms with E-state index in [0.717, 1.165) is 17.4 Å². The quantitative estimate of drug-likeness (QED) is 0.921. The summed E-state index contributed by atoms with van der Waals surface area (Å²) in [4.78, 5) is 14.0. The third-order valence-electron chi connectivity index (χ3n) is 3.64. The van der Waals surface area contributed by atoms with E-state index in [9.17, 15) is 4.79 Å². The number of hydrogen-bond acceptors (Lipinski definition) is 3. The summed E-state index contributed by atoms with van der Waals surface area (Å²) in [6, 6.07) is 9.52. The molecule has 0 saturated carbocycles. The Morgan fingerprint density at radius 3 is 2.62 bits per heavy atom. The SMILES string of the molecule is CC(C)C(N)CCN(C)C(=O)c1cc2ccccc2o1.Cl. The summed E-state index contributed by atoms with van der Waals surface area (Å²) < 4.78 is 5.58. The monoisotopic (exact) mass is 310 g/mol. The van der Waals surface area contributed by atoms with Crippen LogP contribution < -0.4 is 5.73 Å². The molecule has 1 aromatic heterocycles. The van der Waals surface area contributed by atoms with Crippen molar-refractivity contribution in [3.63, 3.8) is 0 Å². The fourth-order valence-corrected chi connectivity index (χ4v) is 2.05. The fraction of sp³-hybridized carbons (Fsp3) is 0.438. The highest BCUT2D eigenvalue weighted by atomic mass is 35.5. The molecule has 0 aliphatic rings. The van der Waals surface area contributed by atoms with Crippen molar-refractivity contribution in [1.29, 1.82) is 0 Å². The van der Waals surface area contributed by atoms with Gasteiger partial charge in [0.05, 0.1) is 0 Å². The van der Waals surface area contributed by atoms with E-state index in [2.05, 4.69) is 13.8 Å². The number of hydrogen-bond donors (Lipinski definition) is 1. The van der Waals surface area contributed by atoms with Gasteiger partial charge in [0, 0.05) is 25.0 Å². The van der Waals surface area contributed by atoms with Crippen molar-refractivity contribution >= 4 is 29.3 Å². The van der Waals surface area contributed by atoms with E-state index in [1.54, 1.807) is 18.0 Å².